The van der Waals surface area contributed by atoms with Crippen LogP contribution in [0.3, 0.4) is 0 Å². The second kappa shape index (κ2) is 5.58. The number of anilines is 1. The van der Waals surface area contributed by atoms with Gasteiger partial charge in [-0.15, -0.1) is 0 Å². The van der Waals surface area contributed by atoms with Gasteiger partial charge in [-0.3, -0.25) is 0 Å². The van der Waals surface area contributed by atoms with Gasteiger partial charge in [0.05, 0.1) is 12.7 Å². The Morgan fingerprint density at radius 2 is 1.95 bits per heavy atom. The molecule has 0 aliphatic rings. The first kappa shape index (κ1) is 13.0. The number of rotatable bonds is 4. The van der Waals surface area contributed by atoms with E-state index in [1.165, 1.54) is 12.1 Å². The first-order valence-corrected chi connectivity index (χ1v) is 6.18. The normalized spacial score (nSPS) is 10.5. The quantitative estimate of drug-likeness (QED) is 0.717. The van der Waals surface area contributed by atoms with E-state index in [-0.39, 0.29) is 5.75 Å². The molecule has 21 heavy (non-hydrogen) atoms. The molecule has 0 amide bonds. The Morgan fingerprint density at radius 3 is 2.67 bits per heavy atom. The Kier molecular flexibility index (Phi) is 3.46. The molecule has 0 atom stereocenters. The fourth-order valence-corrected chi connectivity index (χ4v) is 1.70. The molecule has 0 unspecified atom stereocenters. The molecule has 6 nitrogen and oxygen atoms in total. The molecule has 0 saturated heterocycles. The molecule has 0 saturated carbocycles. The summed E-state index contributed by atoms with van der Waals surface area (Å²) in [6.45, 7) is 0.332. The van der Waals surface area contributed by atoms with Crippen LogP contribution in [0.4, 0.5) is 10.1 Å². The van der Waals surface area contributed by atoms with Crippen LogP contribution in [-0.2, 0) is 6.54 Å². The summed E-state index contributed by atoms with van der Waals surface area (Å²) < 4.78 is 17.9. The van der Waals surface area contributed by atoms with Crippen molar-refractivity contribution in [2.75, 3.05) is 5.32 Å². The lowest BCUT2D eigenvalue weighted by molar-refractivity contribution is 0.384. The van der Waals surface area contributed by atoms with E-state index in [1.807, 2.05) is 0 Å². The van der Waals surface area contributed by atoms with E-state index in [1.54, 1.807) is 24.3 Å². The number of benzene rings is 1. The van der Waals surface area contributed by atoms with Crippen molar-refractivity contribution < 1.29 is 14.0 Å². The van der Waals surface area contributed by atoms with Gasteiger partial charge in [-0.1, -0.05) is 5.16 Å². The average molecular weight is 286 g/mol. The van der Waals surface area contributed by atoms with Gasteiger partial charge < -0.3 is 14.9 Å². The third kappa shape index (κ3) is 3.14. The summed E-state index contributed by atoms with van der Waals surface area (Å²) >= 11 is 0. The number of nitrogens with zero attached hydrogens (tertiary/aromatic N) is 3. The van der Waals surface area contributed by atoms with Gasteiger partial charge in [0.2, 0.25) is 11.7 Å². The molecule has 0 aliphatic heterocycles. The number of phenolic OH excluding ortho intramolecular Hbond substituents is 1. The predicted molar refractivity (Wildman–Crippen MR) is 72.9 cm³/mol. The number of aromatic nitrogens is 3. The highest BCUT2D eigenvalue weighted by molar-refractivity contribution is 5.48. The second-order valence-corrected chi connectivity index (χ2v) is 4.27. The molecule has 106 valence electrons. The maximum Gasteiger partial charge on any atom is 0.246 e. The van der Waals surface area contributed by atoms with Crippen molar-refractivity contribution >= 4 is 5.69 Å². The van der Waals surface area contributed by atoms with Gasteiger partial charge in [0.1, 0.15) is 17.3 Å². The number of aromatic hydroxyl groups is 1. The molecule has 0 radical (unpaired) electrons. The van der Waals surface area contributed by atoms with Gasteiger partial charge in [0.25, 0.3) is 0 Å². The molecule has 1 aromatic carbocycles. The highest BCUT2D eigenvalue weighted by Crippen LogP contribution is 2.16. The number of hydrogen-bond donors (Lipinski definition) is 2. The minimum Gasteiger partial charge on any atom is -0.508 e. The number of hydrogen-bond acceptors (Lipinski definition) is 6. The summed E-state index contributed by atoms with van der Waals surface area (Å²) in [5, 5.41) is 16.1. The van der Waals surface area contributed by atoms with Crippen molar-refractivity contribution in [3.63, 3.8) is 0 Å². The molecule has 2 aromatic heterocycles. The van der Waals surface area contributed by atoms with E-state index in [0.717, 1.165) is 11.9 Å². The summed E-state index contributed by atoms with van der Waals surface area (Å²) in [5.74, 6) is 0.459. The van der Waals surface area contributed by atoms with E-state index in [4.69, 9.17) is 4.52 Å². The van der Waals surface area contributed by atoms with Gasteiger partial charge in [0.15, 0.2) is 0 Å². The fraction of sp³-hybridized carbons (Fsp3) is 0.0714. The van der Waals surface area contributed by atoms with E-state index >= 15 is 0 Å². The van der Waals surface area contributed by atoms with Gasteiger partial charge in [0, 0.05) is 5.69 Å². The maximum atomic E-state index is 12.8. The minimum absolute atomic E-state index is 0.197. The summed E-state index contributed by atoms with van der Waals surface area (Å²) in [4.78, 5) is 8.05. The largest absolute Gasteiger partial charge is 0.508 e. The zero-order chi connectivity index (χ0) is 14.7. The summed E-state index contributed by atoms with van der Waals surface area (Å²) in [6.07, 6.45) is 1.10. The Labute approximate surface area is 119 Å². The lowest BCUT2D eigenvalue weighted by Gasteiger charge is -2.02. The second-order valence-electron chi connectivity index (χ2n) is 4.27. The number of nitrogens with one attached hydrogen (secondary N) is 1. The number of halogens is 1. The fourth-order valence-electron chi connectivity index (χ4n) is 1.70. The molecule has 0 aliphatic carbocycles. The molecule has 2 heterocycles. The summed E-state index contributed by atoms with van der Waals surface area (Å²) in [7, 11) is 0. The Balaban J connectivity index is 1.67. The first-order valence-electron chi connectivity index (χ1n) is 6.18. The number of pyridine rings is 1. The van der Waals surface area contributed by atoms with Crippen LogP contribution in [0.2, 0.25) is 0 Å². The third-order valence-corrected chi connectivity index (χ3v) is 2.74. The zero-order valence-electron chi connectivity index (χ0n) is 10.8. The molecule has 3 rings (SSSR count). The summed E-state index contributed by atoms with van der Waals surface area (Å²) in [5.41, 5.74) is 1.25. The van der Waals surface area contributed by atoms with Crippen LogP contribution in [0.5, 0.6) is 5.75 Å². The van der Waals surface area contributed by atoms with Crippen LogP contribution in [0.25, 0.3) is 11.5 Å². The predicted octanol–water partition coefficient (Wildman–Crippen LogP) is 2.59. The molecular formula is C14H11FN4O2. The summed E-state index contributed by atoms with van der Waals surface area (Å²) in [6, 6.07) is 9.38. The minimum atomic E-state index is -0.420. The molecule has 0 spiro atoms. The molecule has 0 bridgehead atoms. The van der Waals surface area contributed by atoms with Crippen LogP contribution in [0.15, 0.2) is 47.1 Å². The Morgan fingerprint density at radius 1 is 1.14 bits per heavy atom. The first-order chi connectivity index (χ1) is 10.2. The van der Waals surface area contributed by atoms with Gasteiger partial charge >= 0.3 is 0 Å². The van der Waals surface area contributed by atoms with E-state index in [9.17, 15) is 9.50 Å². The average Bonchev–Trinajstić information content (AvgIpc) is 2.96. The molecule has 2 N–H and O–H groups in total. The van der Waals surface area contributed by atoms with E-state index in [0.29, 0.717) is 24.0 Å². The van der Waals surface area contributed by atoms with Crippen LogP contribution in [0, 0.1) is 5.82 Å². The highest BCUT2D eigenvalue weighted by atomic mass is 19.1. The van der Waals surface area contributed by atoms with E-state index < -0.39 is 5.82 Å². The van der Waals surface area contributed by atoms with E-state index in [2.05, 4.69) is 20.4 Å². The van der Waals surface area contributed by atoms with Crippen molar-refractivity contribution in [3.8, 4) is 17.3 Å². The van der Waals surface area contributed by atoms with Crippen molar-refractivity contribution in [2.45, 2.75) is 6.54 Å². The van der Waals surface area contributed by atoms with Crippen molar-refractivity contribution in [1.82, 2.24) is 15.1 Å². The van der Waals surface area contributed by atoms with Crippen LogP contribution >= 0.6 is 0 Å². The van der Waals surface area contributed by atoms with Gasteiger partial charge in [-0.05, 0) is 36.4 Å². The van der Waals surface area contributed by atoms with Gasteiger partial charge in [-0.2, -0.15) is 4.98 Å². The molecule has 0 fully saturated rings. The van der Waals surface area contributed by atoms with Gasteiger partial charge in [-0.25, -0.2) is 9.37 Å². The van der Waals surface area contributed by atoms with Crippen molar-refractivity contribution in [1.29, 1.82) is 0 Å². The molecule has 3 aromatic rings. The zero-order valence-corrected chi connectivity index (χ0v) is 10.8. The maximum absolute atomic E-state index is 12.8. The Bertz CT molecular complexity index is 725. The lowest BCUT2D eigenvalue weighted by Crippen LogP contribution is -1.99. The smallest absolute Gasteiger partial charge is 0.246 e. The standard InChI is InChI=1S/C14H11FN4O2/c15-9-1-6-12(17-7-9)14-18-13(21-19-14)8-16-10-2-4-11(20)5-3-10/h1-7,16,20H,8H2. The lowest BCUT2D eigenvalue weighted by atomic mass is 10.3. The van der Waals surface area contributed by atoms with Crippen LogP contribution in [0.1, 0.15) is 5.89 Å². The monoisotopic (exact) mass is 286 g/mol. The SMILES string of the molecule is Oc1ccc(NCc2nc(-c3ccc(F)cn3)no2)cc1. The molecular weight excluding hydrogens is 275 g/mol. The Hall–Kier alpha value is -2.96. The highest BCUT2D eigenvalue weighted by Gasteiger charge is 2.09. The number of phenols is 1. The topological polar surface area (TPSA) is 84.1 Å². The van der Waals surface area contributed by atoms with Crippen LogP contribution in [-0.4, -0.2) is 20.2 Å². The third-order valence-electron chi connectivity index (χ3n) is 2.74. The van der Waals surface area contributed by atoms with Crippen LogP contribution < -0.4 is 5.32 Å². The van der Waals surface area contributed by atoms with Crippen molar-refractivity contribution in [2.24, 2.45) is 0 Å². The van der Waals surface area contributed by atoms with Crippen molar-refractivity contribution in [3.05, 3.63) is 54.3 Å². The molecule has 7 heteroatoms.